The zero-order valence-corrected chi connectivity index (χ0v) is 27.1. The first-order chi connectivity index (χ1) is 21.6. The number of nitrogens with zero attached hydrogens (tertiary/aromatic N) is 1. The number of hydrogen-bond donors (Lipinski definition) is 7. The molecular weight excluding hydrogens is 618 g/mol. The van der Waals surface area contributed by atoms with Gasteiger partial charge in [0.15, 0.2) is 0 Å². The molecule has 2 aromatic rings. The number of sulfonamides is 1. The van der Waals surface area contributed by atoms with Crippen LogP contribution in [0.2, 0.25) is 0 Å². The average Bonchev–Trinajstić information content (AvgIpc) is 2.98. The van der Waals surface area contributed by atoms with E-state index in [1.165, 1.54) is 6.92 Å². The lowest BCUT2D eigenvalue weighted by Gasteiger charge is -2.19. The Kier molecular flexibility index (Phi) is 14.6. The lowest BCUT2D eigenvalue weighted by Crippen LogP contribution is -2.53. The second kappa shape index (κ2) is 17.8. The Balaban J connectivity index is 2.00. The highest BCUT2D eigenvalue weighted by molar-refractivity contribution is 7.90. The monoisotopic (exact) mass is 661 g/mol. The highest BCUT2D eigenvalue weighted by Gasteiger charge is 2.24. The van der Waals surface area contributed by atoms with Crippen LogP contribution in [0, 0.1) is 20.8 Å². The van der Waals surface area contributed by atoms with Gasteiger partial charge in [0.05, 0.1) is 17.5 Å². The van der Waals surface area contributed by atoms with E-state index >= 15 is 0 Å². The standard InChI is InChI=1S/C30H43N7O8S/c1-18-13-19(2)27(20(3)14-18)46(43,44)37-30(32)33-12-8-11-23(36-24(39)15-34-29(42)26(31)21(4)38)28(41)35-16-25(40)45-17-22-9-6-5-7-10-22/h5-7,9-10,13-14,21,23,26,38H,8,11-12,15-17,31H2,1-4H3,(H,34,42)(H,35,41)(H,36,39)(H3,32,33,37)/t21-,23+,26+/m1/s1. The van der Waals surface area contributed by atoms with Gasteiger partial charge in [0.1, 0.15) is 25.2 Å². The molecule has 46 heavy (non-hydrogen) atoms. The quantitative estimate of drug-likeness (QED) is 0.0509. The van der Waals surface area contributed by atoms with Crippen molar-refractivity contribution in [3.05, 3.63) is 64.7 Å². The Hall–Kier alpha value is -4.54. The minimum atomic E-state index is -4.01. The molecule has 16 heteroatoms. The fraction of sp³-hybridized carbons (Fsp3) is 0.433. The number of nitrogens with one attached hydrogen (secondary N) is 4. The molecule has 0 saturated heterocycles. The second-order valence-corrected chi connectivity index (χ2v) is 12.3. The first-order valence-corrected chi connectivity index (χ1v) is 16.0. The van der Waals surface area contributed by atoms with Gasteiger partial charge in [0, 0.05) is 6.54 Å². The molecule has 0 heterocycles. The number of carbonyl (C=O) groups is 4. The number of nitrogens with two attached hydrogens (primary N) is 2. The highest BCUT2D eigenvalue weighted by atomic mass is 32.2. The normalized spacial score (nSPS) is 13.6. The van der Waals surface area contributed by atoms with E-state index in [1.54, 1.807) is 50.2 Å². The van der Waals surface area contributed by atoms with Crippen LogP contribution in [-0.2, 0) is 40.5 Å². The molecule has 0 aromatic heterocycles. The maximum Gasteiger partial charge on any atom is 0.325 e. The van der Waals surface area contributed by atoms with E-state index < -0.39 is 65.0 Å². The van der Waals surface area contributed by atoms with Gasteiger partial charge >= 0.3 is 5.97 Å². The van der Waals surface area contributed by atoms with Gasteiger partial charge in [0.25, 0.3) is 10.0 Å². The van der Waals surface area contributed by atoms with E-state index in [-0.39, 0.29) is 36.8 Å². The molecule has 9 N–H and O–H groups in total. The summed E-state index contributed by atoms with van der Waals surface area (Å²) in [5.41, 5.74) is 14.2. The van der Waals surface area contributed by atoms with E-state index in [0.717, 1.165) is 11.1 Å². The van der Waals surface area contributed by atoms with Gasteiger partial charge in [-0.1, -0.05) is 48.0 Å². The average molecular weight is 662 g/mol. The third-order valence-electron chi connectivity index (χ3n) is 6.59. The topological polar surface area (TPSA) is 244 Å². The van der Waals surface area contributed by atoms with Crippen LogP contribution in [0.15, 0.2) is 52.4 Å². The number of aliphatic hydroxyl groups excluding tert-OH is 1. The lowest BCUT2D eigenvalue weighted by atomic mass is 10.1. The molecule has 3 amide bonds. The molecule has 15 nitrogen and oxygen atoms in total. The van der Waals surface area contributed by atoms with Crippen molar-refractivity contribution in [2.45, 2.75) is 70.2 Å². The van der Waals surface area contributed by atoms with Crippen LogP contribution in [0.4, 0.5) is 0 Å². The lowest BCUT2D eigenvalue weighted by molar-refractivity contribution is -0.145. The molecule has 0 unspecified atom stereocenters. The summed E-state index contributed by atoms with van der Waals surface area (Å²) in [6.07, 6.45) is -0.968. The van der Waals surface area contributed by atoms with E-state index in [9.17, 15) is 32.7 Å². The van der Waals surface area contributed by atoms with Crippen molar-refractivity contribution in [3.8, 4) is 0 Å². The molecule has 0 bridgehead atoms. The SMILES string of the molecule is Cc1cc(C)c(S(=O)(=O)NC(N)=NCCC[C@H](NC(=O)CNC(=O)[C@@H](N)[C@@H](C)O)C(=O)NCC(=O)OCc2ccccc2)c(C)c1. The third-order valence-corrected chi connectivity index (χ3v) is 8.25. The minimum absolute atomic E-state index is 0.0102. The molecule has 0 spiro atoms. The van der Waals surface area contributed by atoms with Gasteiger partial charge in [0.2, 0.25) is 23.7 Å². The number of benzene rings is 2. The van der Waals surface area contributed by atoms with E-state index in [1.807, 2.05) is 13.0 Å². The number of amides is 3. The van der Waals surface area contributed by atoms with Gasteiger partial charge in [-0.05, 0) is 57.2 Å². The number of rotatable bonds is 16. The fourth-order valence-corrected chi connectivity index (χ4v) is 5.80. The Labute approximate surface area is 268 Å². The van der Waals surface area contributed by atoms with Crippen LogP contribution in [0.25, 0.3) is 0 Å². The molecule has 3 atom stereocenters. The van der Waals surface area contributed by atoms with Crippen LogP contribution in [0.5, 0.6) is 0 Å². The number of aryl methyl sites for hydroxylation is 3. The predicted octanol–water partition coefficient (Wildman–Crippen LogP) is -0.846. The Morgan fingerprint density at radius 3 is 2.20 bits per heavy atom. The van der Waals surface area contributed by atoms with Crippen molar-refractivity contribution in [2.24, 2.45) is 16.5 Å². The summed E-state index contributed by atoms with van der Waals surface area (Å²) in [5, 5.41) is 16.6. The molecule has 2 aromatic carbocycles. The third kappa shape index (κ3) is 12.5. The van der Waals surface area contributed by atoms with Gasteiger partial charge in [-0.15, -0.1) is 0 Å². The van der Waals surface area contributed by atoms with Crippen molar-refractivity contribution in [1.82, 2.24) is 20.7 Å². The number of aliphatic hydroxyl groups is 1. The molecule has 0 aliphatic carbocycles. The molecule has 2 rings (SSSR count). The molecule has 0 aliphatic rings. The highest BCUT2D eigenvalue weighted by Crippen LogP contribution is 2.21. The summed E-state index contributed by atoms with van der Waals surface area (Å²) in [7, 11) is -4.01. The summed E-state index contributed by atoms with van der Waals surface area (Å²) < 4.78 is 33.3. The molecular formula is C30H43N7O8S. The molecule has 0 radical (unpaired) electrons. The van der Waals surface area contributed by atoms with Crippen LogP contribution in [-0.4, -0.2) is 81.0 Å². The van der Waals surface area contributed by atoms with Gasteiger partial charge in [-0.25, -0.2) is 13.1 Å². The van der Waals surface area contributed by atoms with E-state index in [2.05, 4.69) is 25.7 Å². The van der Waals surface area contributed by atoms with Gasteiger partial charge < -0.3 is 37.3 Å². The number of aliphatic imine (C=N–C) groups is 1. The summed E-state index contributed by atoms with van der Waals surface area (Å²) in [6, 6.07) is 10.0. The van der Waals surface area contributed by atoms with Crippen molar-refractivity contribution >= 4 is 39.7 Å². The molecule has 0 fully saturated rings. The maximum atomic E-state index is 12.9. The van der Waals surface area contributed by atoms with Crippen molar-refractivity contribution in [2.75, 3.05) is 19.6 Å². The van der Waals surface area contributed by atoms with Crippen LogP contribution in [0.3, 0.4) is 0 Å². The van der Waals surface area contributed by atoms with Crippen molar-refractivity contribution < 1.29 is 37.4 Å². The molecule has 0 saturated carbocycles. The fourth-order valence-electron chi connectivity index (χ4n) is 4.40. The maximum absolute atomic E-state index is 12.9. The Morgan fingerprint density at radius 2 is 1.59 bits per heavy atom. The number of ether oxygens (including phenoxy) is 1. The van der Waals surface area contributed by atoms with Crippen molar-refractivity contribution in [3.63, 3.8) is 0 Å². The Bertz CT molecular complexity index is 1490. The van der Waals surface area contributed by atoms with E-state index in [0.29, 0.717) is 11.1 Å². The summed E-state index contributed by atoms with van der Waals surface area (Å²) in [6.45, 7) is 5.52. The summed E-state index contributed by atoms with van der Waals surface area (Å²) in [5.74, 6) is -3.28. The van der Waals surface area contributed by atoms with Crippen molar-refractivity contribution in [1.29, 1.82) is 0 Å². The zero-order valence-electron chi connectivity index (χ0n) is 26.3. The van der Waals surface area contributed by atoms with Gasteiger partial charge in [-0.3, -0.25) is 24.2 Å². The second-order valence-electron chi connectivity index (χ2n) is 10.7. The first-order valence-electron chi connectivity index (χ1n) is 14.5. The Morgan fingerprint density at radius 1 is 0.978 bits per heavy atom. The van der Waals surface area contributed by atoms with Crippen LogP contribution in [0.1, 0.15) is 42.0 Å². The smallest absolute Gasteiger partial charge is 0.325 e. The molecule has 0 aliphatic heterocycles. The first kappa shape index (κ1) is 37.6. The predicted molar refractivity (Wildman–Crippen MR) is 171 cm³/mol. The minimum Gasteiger partial charge on any atom is -0.460 e. The number of hydrogen-bond acceptors (Lipinski definition) is 10. The number of carbonyl (C=O) groups excluding carboxylic acids is 4. The summed E-state index contributed by atoms with van der Waals surface area (Å²) in [4.78, 5) is 53.8. The molecule has 252 valence electrons. The number of esters is 1. The van der Waals surface area contributed by atoms with Crippen LogP contribution >= 0.6 is 0 Å². The summed E-state index contributed by atoms with van der Waals surface area (Å²) >= 11 is 0. The van der Waals surface area contributed by atoms with E-state index in [4.69, 9.17) is 16.2 Å². The zero-order chi connectivity index (χ0) is 34.4. The largest absolute Gasteiger partial charge is 0.460 e. The van der Waals surface area contributed by atoms with Gasteiger partial charge in [-0.2, -0.15) is 0 Å². The number of guanidine groups is 1. The van der Waals surface area contributed by atoms with Crippen LogP contribution < -0.4 is 32.1 Å².